The molecular weight excluding hydrogens is 268 g/mol. The van der Waals surface area contributed by atoms with Gasteiger partial charge in [-0.25, -0.2) is 0 Å². The van der Waals surface area contributed by atoms with Crippen molar-refractivity contribution in [3.8, 4) is 0 Å². The minimum Gasteiger partial charge on any atom is -0.397 e. The van der Waals surface area contributed by atoms with Crippen LogP contribution < -0.4 is 21.7 Å². The minimum atomic E-state index is -0.0610. The number of hydrogen-bond acceptors (Lipinski definition) is 4. The van der Waals surface area contributed by atoms with E-state index < -0.39 is 0 Å². The summed E-state index contributed by atoms with van der Waals surface area (Å²) in [6.45, 7) is 4.93. The van der Waals surface area contributed by atoms with E-state index in [4.69, 9.17) is 5.73 Å². The lowest BCUT2D eigenvalue weighted by molar-refractivity contribution is -0.119. The van der Waals surface area contributed by atoms with Crippen molar-refractivity contribution in [2.24, 2.45) is 5.92 Å². The zero-order chi connectivity index (χ0) is 15.4. The van der Waals surface area contributed by atoms with Crippen molar-refractivity contribution in [2.45, 2.75) is 26.7 Å². The fourth-order valence-corrected chi connectivity index (χ4v) is 2.15. The van der Waals surface area contributed by atoms with E-state index in [1.54, 1.807) is 6.07 Å². The van der Waals surface area contributed by atoms with Crippen LogP contribution in [0.5, 0.6) is 0 Å². The van der Waals surface area contributed by atoms with Gasteiger partial charge in [0, 0.05) is 18.7 Å². The number of benzene rings is 1. The summed E-state index contributed by atoms with van der Waals surface area (Å²) in [6.07, 6.45) is 1.17. The summed E-state index contributed by atoms with van der Waals surface area (Å²) in [7, 11) is 0. The molecule has 0 saturated heterocycles. The van der Waals surface area contributed by atoms with Crippen LogP contribution in [0.3, 0.4) is 0 Å². The van der Waals surface area contributed by atoms with Gasteiger partial charge in [-0.3, -0.25) is 9.59 Å². The molecule has 0 saturated carbocycles. The van der Waals surface area contributed by atoms with E-state index in [0.717, 1.165) is 16.9 Å². The number of hydrogen-bond donors (Lipinski definition) is 4. The Bertz CT molecular complexity index is 555. The molecule has 5 N–H and O–H groups in total. The maximum atomic E-state index is 11.7. The molecular formula is C15H22N4O2. The first-order valence-electron chi connectivity index (χ1n) is 7.18. The van der Waals surface area contributed by atoms with Gasteiger partial charge in [-0.05, 0) is 30.0 Å². The molecule has 0 unspecified atom stereocenters. The molecule has 1 aliphatic heterocycles. The Labute approximate surface area is 124 Å². The molecule has 2 amide bonds. The Kier molecular flexibility index (Phi) is 4.67. The molecule has 0 fully saturated rings. The number of nitrogens with two attached hydrogens (primary N) is 1. The Morgan fingerprint density at radius 2 is 2.14 bits per heavy atom. The molecule has 0 aromatic heterocycles. The molecule has 2 rings (SSSR count). The number of nitrogen functional groups attached to an aromatic ring is 1. The van der Waals surface area contributed by atoms with E-state index in [1.165, 1.54) is 0 Å². The number of rotatable bonds is 5. The highest BCUT2D eigenvalue weighted by Crippen LogP contribution is 2.30. The number of amides is 2. The van der Waals surface area contributed by atoms with Crippen LogP contribution in [-0.2, 0) is 16.0 Å². The summed E-state index contributed by atoms with van der Waals surface area (Å²) in [5, 5.41) is 8.69. The second-order valence-electron chi connectivity index (χ2n) is 5.70. The van der Waals surface area contributed by atoms with Crippen LogP contribution in [0.1, 0.15) is 25.8 Å². The molecule has 114 valence electrons. The third-order valence-corrected chi connectivity index (χ3v) is 3.32. The molecule has 0 radical (unpaired) electrons. The highest BCUT2D eigenvalue weighted by Gasteiger charge is 2.16. The van der Waals surface area contributed by atoms with Gasteiger partial charge in [0.15, 0.2) is 0 Å². The minimum absolute atomic E-state index is 0.00988. The average Bonchev–Trinajstić information content (AvgIpc) is 2.42. The van der Waals surface area contributed by atoms with E-state index >= 15 is 0 Å². The number of nitrogens with one attached hydrogen (secondary N) is 3. The maximum Gasteiger partial charge on any atom is 0.239 e. The van der Waals surface area contributed by atoms with Crippen LogP contribution in [0, 0.1) is 5.92 Å². The van der Waals surface area contributed by atoms with Gasteiger partial charge in [0.1, 0.15) is 0 Å². The lowest BCUT2D eigenvalue weighted by atomic mass is 10.0. The van der Waals surface area contributed by atoms with Crippen LogP contribution in [0.25, 0.3) is 0 Å². The van der Waals surface area contributed by atoms with Crippen molar-refractivity contribution in [1.82, 2.24) is 5.32 Å². The average molecular weight is 290 g/mol. The van der Waals surface area contributed by atoms with Crippen LogP contribution in [0.2, 0.25) is 0 Å². The van der Waals surface area contributed by atoms with Gasteiger partial charge < -0.3 is 21.7 Å². The molecule has 1 aliphatic rings. The number of carbonyl (C=O) groups excluding carboxylic acids is 2. The molecule has 0 bridgehead atoms. The second kappa shape index (κ2) is 6.47. The fraction of sp³-hybridized carbons (Fsp3) is 0.467. The van der Waals surface area contributed by atoms with Crippen LogP contribution >= 0.6 is 0 Å². The predicted octanol–water partition coefficient (Wildman–Crippen LogP) is 1.34. The topological polar surface area (TPSA) is 96.2 Å². The fourth-order valence-electron chi connectivity index (χ4n) is 2.15. The first-order chi connectivity index (χ1) is 9.95. The molecule has 0 aliphatic carbocycles. The summed E-state index contributed by atoms with van der Waals surface area (Å²) in [4.78, 5) is 23.0. The predicted molar refractivity (Wildman–Crippen MR) is 84.1 cm³/mol. The highest BCUT2D eigenvalue weighted by atomic mass is 16.2. The molecule has 0 spiro atoms. The largest absolute Gasteiger partial charge is 0.397 e. The van der Waals surface area contributed by atoms with Crippen LogP contribution in [-0.4, -0.2) is 24.9 Å². The Morgan fingerprint density at radius 1 is 1.38 bits per heavy atom. The number of anilines is 3. The molecule has 1 heterocycles. The summed E-state index contributed by atoms with van der Waals surface area (Å²) in [5.74, 6) is 0.371. The lowest BCUT2D eigenvalue weighted by Gasteiger charge is -2.19. The zero-order valence-corrected chi connectivity index (χ0v) is 12.5. The molecule has 21 heavy (non-hydrogen) atoms. The maximum absolute atomic E-state index is 11.7. The summed E-state index contributed by atoms with van der Waals surface area (Å²) in [5.41, 5.74) is 9.00. The highest BCUT2D eigenvalue weighted by molar-refractivity contribution is 5.95. The van der Waals surface area contributed by atoms with Crippen LogP contribution in [0.15, 0.2) is 12.1 Å². The second-order valence-corrected chi connectivity index (χ2v) is 5.70. The Balaban J connectivity index is 1.98. The van der Waals surface area contributed by atoms with Crippen LogP contribution in [0.4, 0.5) is 17.1 Å². The van der Waals surface area contributed by atoms with Crippen molar-refractivity contribution >= 4 is 28.9 Å². The number of fused-ring (bicyclic) bond motifs is 1. The SMILES string of the molecule is CC(C)CNC(=O)CNc1cc2c(cc1N)NC(=O)CC2. The van der Waals surface area contributed by atoms with Crippen molar-refractivity contribution in [3.05, 3.63) is 17.7 Å². The normalized spacial score (nSPS) is 13.6. The van der Waals surface area contributed by atoms with Gasteiger partial charge in [-0.1, -0.05) is 13.8 Å². The van der Waals surface area contributed by atoms with E-state index in [-0.39, 0.29) is 18.4 Å². The monoisotopic (exact) mass is 290 g/mol. The van der Waals surface area contributed by atoms with Crippen molar-refractivity contribution < 1.29 is 9.59 Å². The number of carbonyl (C=O) groups is 2. The van der Waals surface area contributed by atoms with Gasteiger partial charge in [-0.2, -0.15) is 0 Å². The zero-order valence-electron chi connectivity index (χ0n) is 12.5. The molecule has 6 heteroatoms. The van der Waals surface area contributed by atoms with E-state index in [2.05, 4.69) is 16.0 Å². The summed E-state index contributed by atoms with van der Waals surface area (Å²) < 4.78 is 0. The lowest BCUT2D eigenvalue weighted by Crippen LogP contribution is -2.32. The van der Waals surface area contributed by atoms with E-state index in [0.29, 0.717) is 31.0 Å². The number of aryl methyl sites for hydroxylation is 1. The molecule has 1 aromatic rings. The third kappa shape index (κ3) is 4.11. The Morgan fingerprint density at radius 3 is 2.86 bits per heavy atom. The first-order valence-corrected chi connectivity index (χ1v) is 7.18. The van der Waals surface area contributed by atoms with Crippen molar-refractivity contribution in [1.29, 1.82) is 0 Å². The standard InChI is InChI=1S/C15H22N4O2/c1-9(2)7-18-15(21)8-17-13-5-10-3-4-14(20)19-12(10)6-11(13)16/h5-6,9,17H,3-4,7-8,16H2,1-2H3,(H,18,21)(H,19,20). The van der Waals surface area contributed by atoms with Gasteiger partial charge in [0.05, 0.1) is 17.9 Å². The third-order valence-electron chi connectivity index (χ3n) is 3.32. The molecule has 1 aromatic carbocycles. The van der Waals surface area contributed by atoms with E-state index in [1.807, 2.05) is 19.9 Å². The molecule has 6 nitrogen and oxygen atoms in total. The summed E-state index contributed by atoms with van der Waals surface area (Å²) in [6, 6.07) is 3.64. The quantitative estimate of drug-likeness (QED) is 0.615. The van der Waals surface area contributed by atoms with Gasteiger partial charge in [0.25, 0.3) is 0 Å². The Hall–Kier alpha value is -2.24. The smallest absolute Gasteiger partial charge is 0.239 e. The van der Waals surface area contributed by atoms with Crippen molar-refractivity contribution in [2.75, 3.05) is 29.5 Å². The van der Waals surface area contributed by atoms with Crippen molar-refractivity contribution in [3.63, 3.8) is 0 Å². The van der Waals surface area contributed by atoms with Gasteiger partial charge in [0.2, 0.25) is 11.8 Å². The van der Waals surface area contributed by atoms with E-state index in [9.17, 15) is 9.59 Å². The summed E-state index contributed by atoms with van der Waals surface area (Å²) >= 11 is 0. The first kappa shape index (κ1) is 15.2. The molecule has 0 atom stereocenters. The van der Waals surface area contributed by atoms with Gasteiger partial charge in [-0.15, -0.1) is 0 Å². The van der Waals surface area contributed by atoms with Gasteiger partial charge >= 0.3 is 0 Å².